The third kappa shape index (κ3) is 3.88. The Morgan fingerprint density at radius 2 is 1.61 bits per heavy atom. The first kappa shape index (κ1) is 19.9. The predicted molar refractivity (Wildman–Crippen MR) is 102 cm³/mol. The highest BCUT2D eigenvalue weighted by Crippen LogP contribution is 2.23. The van der Waals surface area contributed by atoms with Gasteiger partial charge in [0.1, 0.15) is 0 Å². The Balaban J connectivity index is 1.98. The second-order valence-corrected chi connectivity index (χ2v) is 9.50. The van der Waals surface area contributed by atoms with Crippen LogP contribution in [0.4, 0.5) is 5.69 Å². The van der Waals surface area contributed by atoms with Crippen molar-refractivity contribution in [2.45, 2.75) is 23.6 Å². The molecule has 0 aliphatic carbocycles. The van der Waals surface area contributed by atoms with Gasteiger partial charge in [0, 0.05) is 0 Å². The van der Waals surface area contributed by atoms with Gasteiger partial charge in [0.25, 0.3) is 10.0 Å². The highest BCUT2D eigenvalue weighted by molar-refractivity contribution is 7.93. The van der Waals surface area contributed by atoms with Crippen LogP contribution in [-0.2, 0) is 20.0 Å². The van der Waals surface area contributed by atoms with Crippen LogP contribution in [0.1, 0.15) is 11.4 Å². The number of nitrogens with zero attached hydrogens (tertiary/aromatic N) is 4. The zero-order valence-electron chi connectivity index (χ0n) is 15.3. The number of rotatable bonds is 6. The molecule has 10 nitrogen and oxygen atoms in total. The Labute approximate surface area is 162 Å². The van der Waals surface area contributed by atoms with Gasteiger partial charge in [-0.2, -0.15) is 4.68 Å². The molecule has 0 spiro atoms. The number of sulfonamides is 2. The fraction of sp³-hybridized carbons (Fsp3) is 0.188. The minimum atomic E-state index is -4.02. The normalized spacial score (nSPS) is 12.1. The van der Waals surface area contributed by atoms with Crippen molar-refractivity contribution in [3.05, 3.63) is 53.9 Å². The van der Waals surface area contributed by atoms with Gasteiger partial charge in [-0.1, -0.05) is 12.1 Å². The Bertz CT molecular complexity index is 1240. The van der Waals surface area contributed by atoms with Gasteiger partial charge in [0.15, 0.2) is 5.82 Å². The van der Waals surface area contributed by atoms with Crippen LogP contribution in [0.2, 0.25) is 0 Å². The molecule has 1 heterocycles. The molecule has 0 aliphatic rings. The molecular formula is C16H18N6O4S2. The number of aromatic nitrogens is 4. The Kier molecular flexibility index (Phi) is 5.19. The average Bonchev–Trinajstić information content (AvgIpc) is 3.09. The van der Waals surface area contributed by atoms with Crippen molar-refractivity contribution in [2.24, 2.45) is 0 Å². The van der Waals surface area contributed by atoms with Crippen LogP contribution >= 0.6 is 0 Å². The van der Waals surface area contributed by atoms with Crippen LogP contribution in [0.3, 0.4) is 0 Å². The topological polar surface area (TPSA) is 136 Å². The molecule has 3 aromatic rings. The molecule has 0 amide bonds. The molecule has 0 fully saturated rings. The summed E-state index contributed by atoms with van der Waals surface area (Å²) in [5.41, 5.74) is 1.76. The molecular weight excluding hydrogens is 404 g/mol. The van der Waals surface area contributed by atoms with E-state index in [0.29, 0.717) is 11.5 Å². The smallest absolute Gasteiger partial charge is 0.261 e. The summed E-state index contributed by atoms with van der Waals surface area (Å²) in [5, 5.41) is 11.3. The summed E-state index contributed by atoms with van der Waals surface area (Å²) in [4.78, 5) is -0.323. The Morgan fingerprint density at radius 1 is 0.929 bits per heavy atom. The second kappa shape index (κ2) is 7.30. The first-order valence-corrected chi connectivity index (χ1v) is 11.0. The lowest BCUT2D eigenvalue weighted by atomic mass is 10.2. The molecule has 2 aromatic carbocycles. The number of tetrazole rings is 1. The standard InChI is InChI=1S/C16H18N6O4S2/c1-11-7-8-13(9-16(11)22-12(2)18-20-21-22)19-28(25,26)15-6-4-5-14(10-15)27(23,24)17-3/h4-10,17,19H,1-3H3. The van der Waals surface area contributed by atoms with Gasteiger partial charge in [-0.05, 0) is 67.2 Å². The van der Waals surface area contributed by atoms with Crippen molar-refractivity contribution in [1.82, 2.24) is 24.9 Å². The van der Waals surface area contributed by atoms with E-state index in [1.807, 2.05) is 6.92 Å². The molecule has 0 radical (unpaired) electrons. The van der Waals surface area contributed by atoms with E-state index in [0.717, 1.165) is 11.6 Å². The van der Waals surface area contributed by atoms with Crippen molar-refractivity contribution < 1.29 is 16.8 Å². The summed E-state index contributed by atoms with van der Waals surface area (Å²) in [6.07, 6.45) is 0. The lowest BCUT2D eigenvalue weighted by Gasteiger charge is -2.12. The number of anilines is 1. The van der Waals surface area contributed by atoms with Gasteiger partial charge >= 0.3 is 0 Å². The van der Waals surface area contributed by atoms with E-state index in [4.69, 9.17) is 0 Å². The number of aryl methyl sites for hydroxylation is 2. The van der Waals surface area contributed by atoms with Gasteiger partial charge in [-0.25, -0.2) is 21.6 Å². The minimum absolute atomic E-state index is 0.146. The highest BCUT2D eigenvalue weighted by atomic mass is 32.2. The number of hydrogen-bond acceptors (Lipinski definition) is 7. The van der Waals surface area contributed by atoms with Crippen LogP contribution < -0.4 is 9.44 Å². The SMILES string of the molecule is CNS(=O)(=O)c1cccc(S(=O)(=O)Nc2ccc(C)c(-n3nnnc3C)c2)c1. The second-order valence-electron chi connectivity index (χ2n) is 5.93. The van der Waals surface area contributed by atoms with Gasteiger partial charge in [-0.15, -0.1) is 5.10 Å². The largest absolute Gasteiger partial charge is 0.280 e. The first-order chi connectivity index (χ1) is 13.1. The zero-order valence-corrected chi connectivity index (χ0v) is 16.9. The molecule has 0 saturated carbocycles. The van der Waals surface area contributed by atoms with Crippen molar-refractivity contribution >= 4 is 25.7 Å². The zero-order chi connectivity index (χ0) is 20.5. The van der Waals surface area contributed by atoms with Gasteiger partial charge in [0.2, 0.25) is 10.0 Å². The lowest BCUT2D eigenvalue weighted by molar-refractivity contribution is 0.588. The maximum absolute atomic E-state index is 12.7. The van der Waals surface area contributed by atoms with Crippen LogP contribution in [0.25, 0.3) is 5.69 Å². The molecule has 2 N–H and O–H groups in total. The van der Waals surface area contributed by atoms with E-state index < -0.39 is 20.0 Å². The lowest BCUT2D eigenvalue weighted by Crippen LogP contribution is -2.19. The third-order valence-corrected chi connectivity index (χ3v) is 6.80. The summed E-state index contributed by atoms with van der Waals surface area (Å²) in [5.74, 6) is 0.549. The average molecular weight is 422 g/mol. The molecule has 3 rings (SSSR count). The minimum Gasteiger partial charge on any atom is -0.280 e. The molecule has 0 bridgehead atoms. The molecule has 28 heavy (non-hydrogen) atoms. The first-order valence-electron chi connectivity index (χ1n) is 8.06. The van der Waals surface area contributed by atoms with Gasteiger partial charge < -0.3 is 0 Å². The molecule has 12 heteroatoms. The molecule has 0 aliphatic heterocycles. The van der Waals surface area contributed by atoms with E-state index >= 15 is 0 Å². The summed E-state index contributed by atoms with van der Waals surface area (Å²) in [6.45, 7) is 3.57. The van der Waals surface area contributed by atoms with Crippen LogP contribution in [0.15, 0.2) is 52.3 Å². The number of benzene rings is 2. The Morgan fingerprint density at radius 3 is 2.21 bits per heavy atom. The van der Waals surface area contributed by atoms with Gasteiger partial charge in [0.05, 0.1) is 21.2 Å². The van der Waals surface area contributed by atoms with E-state index in [2.05, 4.69) is 25.0 Å². The molecule has 1 aromatic heterocycles. The maximum Gasteiger partial charge on any atom is 0.261 e. The summed E-state index contributed by atoms with van der Waals surface area (Å²) >= 11 is 0. The molecule has 148 valence electrons. The van der Waals surface area contributed by atoms with Crippen LogP contribution in [-0.4, -0.2) is 44.1 Å². The van der Waals surface area contributed by atoms with Crippen LogP contribution in [0.5, 0.6) is 0 Å². The fourth-order valence-electron chi connectivity index (χ4n) is 2.50. The highest BCUT2D eigenvalue weighted by Gasteiger charge is 2.19. The monoisotopic (exact) mass is 422 g/mol. The van der Waals surface area contributed by atoms with E-state index in [1.54, 1.807) is 25.1 Å². The molecule has 0 saturated heterocycles. The van der Waals surface area contributed by atoms with Crippen molar-refractivity contribution in [2.75, 3.05) is 11.8 Å². The van der Waals surface area contributed by atoms with E-state index in [-0.39, 0.29) is 15.5 Å². The third-order valence-electron chi connectivity index (χ3n) is 4.01. The number of hydrogen-bond donors (Lipinski definition) is 2. The summed E-state index contributed by atoms with van der Waals surface area (Å²) in [6, 6.07) is 10.0. The van der Waals surface area contributed by atoms with Crippen molar-refractivity contribution in [1.29, 1.82) is 0 Å². The van der Waals surface area contributed by atoms with Gasteiger partial charge in [-0.3, -0.25) is 4.72 Å². The fourth-order valence-corrected chi connectivity index (χ4v) is 4.44. The maximum atomic E-state index is 12.7. The predicted octanol–water partition coefficient (Wildman–Crippen LogP) is 0.988. The van der Waals surface area contributed by atoms with Crippen molar-refractivity contribution in [3.63, 3.8) is 0 Å². The molecule has 0 unspecified atom stereocenters. The summed E-state index contributed by atoms with van der Waals surface area (Å²) < 4.78 is 55.5. The number of nitrogens with one attached hydrogen (secondary N) is 2. The van der Waals surface area contributed by atoms with E-state index in [9.17, 15) is 16.8 Å². The van der Waals surface area contributed by atoms with Crippen molar-refractivity contribution in [3.8, 4) is 5.69 Å². The van der Waals surface area contributed by atoms with E-state index in [1.165, 1.54) is 29.9 Å². The Hall–Kier alpha value is -2.83. The molecule has 0 atom stereocenters. The van der Waals surface area contributed by atoms with Crippen LogP contribution in [0, 0.1) is 13.8 Å². The quantitative estimate of drug-likeness (QED) is 0.604. The summed E-state index contributed by atoms with van der Waals surface area (Å²) in [7, 11) is -6.53.